The van der Waals surface area contributed by atoms with Gasteiger partial charge in [0.1, 0.15) is 11.8 Å². The van der Waals surface area contributed by atoms with E-state index in [0.717, 1.165) is 53.5 Å². The number of nitrogens with zero attached hydrogens (tertiary/aromatic N) is 4. The Morgan fingerprint density at radius 3 is 2.27 bits per heavy atom. The van der Waals surface area contributed by atoms with Crippen molar-refractivity contribution in [2.24, 2.45) is 21.8 Å². The molecule has 0 fully saturated rings. The van der Waals surface area contributed by atoms with Gasteiger partial charge in [-0.2, -0.15) is 0 Å². The standard InChI is InChI=1S/C47H50N6O10/c1-9-29-23(2)33-20-39-30(15-12-27-10-13-28(61-6)14-11-27)25(4)37-19-34-24(3)31(16-17-41(55)56)44(50-34)32(18-40(54)49-36(47(60)63-8)22-42(57)62-7)45-43(46(58)59)26(5)38(21-35(29)48-33)53(45)51-52(37)39/h10-15,19-21,24,31,36,51H,9,16-18,22H2,1-8H3,(H,49,54)(H,55,56)(H,58,59)/b15-12+,33-20-,34-19-,35-21?,37-19?,38-21-,39-20?,44-32?,45-32-/t24-,31-,36-/m0/s1. The number of carbonyl (C=O) groups excluding carboxylic acids is 3. The van der Waals surface area contributed by atoms with Crippen LogP contribution in [0.25, 0.3) is 36.0 Å². The number of benzene rings is 1. The predicted molar refractivity (Wildman–Crippen MR) is 238 cm³/mol. The highest BCUT2D eigenvalue weighted by atomic mass is 16.5. The summed E-state index contributed by atoms with van der Waals surface area (Å²) >= 11 is 0. The number of aliphatic imine (C=N–C) groups is 2. The molecule has 0 saturated carbocycles. The molecule has 3 aromatic rings. The average Bonchev–Trinajstić information content (AvgIpc) is 3.91. The number of ether oxygens (including phenoxy) is 3. The molecular formula is C47H50N6O10. The molecule has 63 heavy (non-hydrogen) atoms. The number of aromatic nitrogens is 2. The van der Waals surface area contributed by atoms with Crippen molar-refractivity contribution in [2.75, 3.05) is 26.9 Å². The van der Waals surface area contributed by atoms with Crippen molar-refractivity contribution >= 4 is 77.2 Å². The van der Waals surface area contributed by atoms with Crippen molar-refractivity contribution < 1.29 is 48.4 Å². The topological polar surface area (TPSA) is 212 Å². The molecule has 16 heteroatoms. The number of hydrogen-bond donors (Lipinski definition) is 4. The highest BCUT2D eigenvalue weighted by molar-refractivity contribution is 6.26. The zero-order valence-corrected chi connectivity index (χ0v) is 36.4. The first kappa shape index (κ1) is 43.8. The highest BCUT2D eigenvalue weighted by Gasteiger charge is 2.39. The molecule has 0 aliphatic carbocycles. The summed E-state index contributed by atoms with van der Waals surface area (Å²) in [6, 6.07) is 6.23. The molecule has 4 aliphatic rings. The lowest BCUT2D eigenvalue weighted by atomic mass is 9.82. The van der Waals surface area contributed by atoms with E-state index in [9.17, 15) is 34.2 Å². The first-order chi connectivity index (χ1) is 30.1. The summed E-state index contributed by atoms with van der Waals surface area (Å²) in [5, 5.41) is 24.2. The Hall–Kier alpha value is -7.23. The molecule has 0 radical (unpaired) electrons. The molecule has 6 heterocycles. The summed E-state index contributed by atoms with van der Waals surface area (Å²) in [4.78, 5) is 75.6. The first-order valence-corrected chi connectivity index (χ1v) is 20.6. The molecule has 2 aromatic heterocycles. The van der Waals surface area contributed by atoms with Crippen LogP contribution in [0.1, 0.15) is 96.9 Å². The lowest BCUT2D eigenvalue weighted by molar-refractivity contribution is -0.150. The third kappa shape index (κ3) is 8.15. The number of hydrogen-bond acceptors (Lipinski definition) is 11. The summed E-state index contributed by atoms with van der Waals surface area (Å²) in [7, 11) is 3.88. The zero-order valence-electron chi connectivity index (χ0n) is 36.4. The lowest BCUT2D eigenvalue weighted by Crippen LogP contribution is -2.45. The smallest absolute Gasteiger partial charge is 0.338 e. The molecule has 6 bridgehead atoms. The summed E-state index contributed by atoms with van der Waals surface area (Å²) in [6.45, 7) is 9.67. The molecule has 328 valence electrons. The number of carbonyl (C=O) groups is 5. The number of aliphatic carboxylic acids is 1. The average molecular weight is 859 g/mol. The number of allylic oxidation sites excluding steroid dienone is 3. The third-order valence-corrected chi connectivity index (χ3v) is 12.2. The van der Waals surface area contributed by atoms with Crippen LogP contribution in [-0.4, -0.2) is 88.1 Å². The van der Waals surface area contributed by atoms with Crippen LogP contribution >= 0.6 is 0 Å². The minimum Gasteiger partial charge on any atom is -0.497 e. The van der Waals surface area contributed by atoms with E-state index in [1.54, 1.807) is 18.7 Å². The Kier molecular flexibility index (Phi) is 12.3. The van der Waals surface area contributed by atoms with Crippen LogP contribution in [0, 0.1) is 25.7 Å². The van der Waals surface area contributed by atoms with Crippen LogP contribution in [0.15, 0.2) is 56.8 Å². The fourth-order valence-corrected chi connectivity index (χ4v) is 8.81. The molecule has 0 saturated heterocycles. The second-order valence-electron chi connectivity index (χ2n) is 15.8. The quantitative estimate of drug-likeness (QED) is 0.162. The molecule has 4 N–H and O–H groups in total. The normalized spacial score (nSPS) is 20.8. The minimum atomic E-state index is -1.42. The van der Waals surface area contributed by atoms with Crippen LogP contribution in [0.4, 0.5) is 0 Å². The fourth-order valence-electron chi connectivity index (χ4n) is 8.81. The molecule has 1 aromatic carbocycles. The van der Waals surface area contributed by atoms with Crippen molar-refractivity contribution in [3.8, 4) is 5.75 Å². The van der Waals surface area contributed by atoms with Crippen LogP contribution in [0.2, 0.25) is 0 Å². The van der Waals surface area contributed by atoms with Gasteiger partial charge in [-0.05, 0) is 91.8 Å². The van der Waals surface area contributed by atoms with Gasteiger partial charge in [-0.15, -0.1) is 0 Å². The third-order valence-electron chi connectivity index (χ3n) is 12.2. The van der Waals surface area contributed by atoms with E-state index in [0.29, 0.717) is 45.8 Å². The first-order valence-electron chi connectivity index (χ1n) is 20.6. The van der Waals surface area contributed by atoms with Crippen LogP contribution in [-0.2, 0) is 28.7 Å². The Labute approximate surface area is 363 Å². The van der Waals surface area contributed by atoms with Gasteiger partial charge in [0.15, 0.2) is 0 Å². The van der Waals surface area contributed by atoms with E-state index in [4.69, 9.17) is 24.2 Å². The van der Waals surface area contributed by atoms with Crippen molar-refractivity contribution in [2.45, 2.75) is 72.8 Å². The highest BCUT2D eigenvalue weighted by Crippen LogP contribution is 2.41. The number of carboxylic acids is 2. The Balaban J connectivity index is 1.59. The number of methoxy groups -OCH3 is 3. The van der Waals surface area contributed by atoms with E-state index in [1.165, 1.54) is 0 Å². The maximum Gasteiger partial charge on any atom is 0.338 e. The largest absolute Gasteiger partial charge is 0.497 e. The molecular weight excluding hydrogens is 809 g/mol. The van der Waals surface area contributed by atoms with Crippen LogP contribution < -0.4 is 26.3 Å². The van der Waals surface area contributed by atoms with Gasteiger partial charge in [-0.25, -0.2) is 29.5 Å². The van der Waals surface area contributed by atoms with E-state index in [-0.39, 0.29) is 35.2 Å². The van der Waals surface area contributed by atoms with Crippen molar-refractivity contribution in [1.29, 1.82) is 0 Å². The van der Waals surface area contributed by atoms with Gasteiger partial charge in [0.25, 0.3) is 0 Å². The van der Waals surface area contributed by atoms with Gasteiger partial charge in [-0.3, -0.25) is 19.4 Å². The molecule has 3 atom stereocenters. The minimum absolute atomic E-state index is 0.0964. The Bertz CT molecular complexity index is 2790. The van der Waals surface area contributed by atoms with E-state index in [1.807, 2.05) is 87.0 Å². The molecule has 1 amide bonds. The molecule has 0 unspecified atom stereocenters. The predicted octanol–water partition coefficient (Wildman–Crippen LogP) is 4.79. The van der Waals surface area contributed by atoms with Crippen LogP contribution in [0.3, 0.4) is 0 Å². The van der Waals surface area contributed by atoms with Gasteiger partial charge >= 0.3 is 23.9 Å². The number of fused-ring (bicyclic) bond motifs is 2. The number of aromatic carboxylic acids is 1. The van der Waals surface area contributed by atoms with E-state index >= 15 is 0 Å². The summed E-state index contributed by atoms with van der Waals surface area (Å²) in [6.07, 6.45) is 9.27. The van der Waals surface area contributed by atoms with Gasteiger partial charge in [0.2, 0.25) is 5.91 Å². The van der Waals surface area contributed by atoms with Gasteiger partial charge < -0.3 is 29.7 Å². The van der Waals surface area contributed by atoms with Gasteiger partial charge in [0.05, 0.1) is 78.9 Å². The van der Waals surface area contributed by atoms with Crippen molar-refractivity contribution in [1.82, 2.24) is 14.7 Å². The maximum atomic E-state index is 14.3. The monoisotopic (exact) mass is 858 g/mol. The molecule has 0 spiro atoms. The van der Waals surface area contributed by atoms with E-state index < -0.39 is 54.6 Å². The number of carboxylic acid groups (broad SMARTS) is 2. The number of nitrogens with one attached hydrogen (secondary N) is 2. The lowest BCUT2D eigenvalue weighted by Gasteiger charge is -2.21. The number of esters is 2. The molecule has 16 nitrogen and oxygen atoms in total. The van der Waals surface area contributed by atoms with E-state index in [2.05, 4.69) is 10.9 Å². The Morgan fingerprint density at radius 2 is 1.63 bits per heavy atom. The van der Waals surface area contributed by atoms with Crippen molar-refractivity contribution in [3.63, 3.8) is 0 Å². The second kappa shape index (κ2) is 17.6. The second-order valence-corrected chi connectivity index (χ2v) is 15.8. The number of rotatable bonds is 14. The molecule has 7 rings (SSSR count). The van der Waals surface area contributed by atoms with Gasteiger partial charge in [0, 0.05) is 35.1 Å². The summed E-state index contributed by atoms with van der Waals surface area (Å²) in [5.74, 6) is -4.97. The molecule has 4 aliphatic heterocycles. The zero-order chi connectivity index (χ0) is 45.4. The maximum absolute atomic E-state index is 14.3. The summed E-state index contributed by atoms with van der Waals surface area (Å²) in [5.41, 5.74) is 12.2. The number of amides is 1. The summed E-state index contributed by atoms with van der Waals surface area (Å²) < 4.78 is 18.5. The Morgan fingerprint density at radius 1 is 0.905 bits per heavy atom. The van der Waals surface area contributed by atoms with Crippen molar-refractivity contribution in [3.05, 3.63) is 96.7 Å². The van der Waals surface area contributed by atoms with Crippen LogP contribution in [0.5, 0.6) is 5.75 Å². The SMILES string of the molecule is CCC1=C(C)/C2=C/c3c(/C=C/c4ccc(OC)cc4)c(C)c4n3Nn3/c(c(C)c(C(=O)O)/c3=C(\CC(=O)N[C@@H](CC(=O)OC)C(=O)OC)C3=N/C(=C\4)[C@@H](C)[C@@H]3CCC(=O)O)=C\C1=N2. The van der Waals surface area contributed by atoms with Gasteiger partial charge in [-0.1, -0.05) is 38.1 Å². The fraction of sp³-hybridized carbons (Fsp3) is 0.340.